The van der Waals surface area contributed by atoms with Gasteiger partial charge in [0.15, 0.2) is 5.82 Å². The molecule has 1 saturated heterocycles. The molecule has 2 aromatic carbocycles. The van der Waals surface area contributed by atoms with Crippen LogP contribution in [0, 0.1) is 13.8 Å². The fourth-order valence-electron chi connectivity index (χ4n) is 4.51. The van der Waals surface area contributed by atoms with Gasteiger partial charge in [0, 0.05) is 31.9 Å². The monoisotopic (exact) mass is 428 g/mol. The van der Waals surface area contributed by atoms with Crippen LogP contribution in [0.5, 0.6) is 0 Å². The van der Waals surface area contributed by atoms with Crippen LogP contribution in [0.4, 0.5) is 5.69 Å². The molecule has 0 amide bonds. The van der Waals surface area contributed by atoms with Gasteiger partial charge in [-0.05, 0) is 59.2 Å². The van der Waals surface area contributed by atoms with Gasteiger partial charge < -0.3 is 9.32 Å². The molecule has 7 heteroatoms. The Morgan fingerprint density at radius 1 is 0.938 bits per heavy atom. The predicted octanol–water partition coefficient (Wildman–Crippen LogP) is 3.84. The van der Waals surface area contributed by atoms with Gasteiger partial charge in [0.2, 0.25) is 0 Å². The summed E-state index contributed by atoms with van der Waals surface area (Å²) in [6.07, 6.45) is 1.68. The highest BCUT2D eigenvalue weighted by Gasteiger charge is 2.31. The molecule has 1 fully saturated rings. The van der Waals surface area contributed by atoms with E-state index in [0.717, 1.165) is 37.8 Å². The number of anilines is 1. The van der Waals surface area contributed by atoms with Gasteiger partial charge >= 0.3 is 0 Å². The van der Waals surface area contributed by atoms with Crippen LogP contribution < -0.4 is 4.90 Å². The molecule has 4 aromatic rings. The van der Waals surface area contributed by atoms with Gasteiger partial charge in [-0.3, -0.25) is 4.90 Å². The van der Waals surface area contributed by atoms with Gasteiger partial charge in [0.1, 0.15) is 12.3 Å². The third kappa shape index (κ3) is 4.16. The molecule has 0 saturated carbocycles. The second kappa shape index (κ2) is 8.96. The topological polar surface area (TPSA) is 63.2 Å². The summed E-state index contributed by atoms with van der Waals surface area (Å²) in [7, 11) is 0. The SMILES string of the molecule is Cc1ccc(C)c(N2CCN([C@H](c3ccccc3)c3nnnn3Cc3ccco3)CC2)c1. The summed E-state index contributed by atoms with van der Waals surface area (Å²) in [5.74, 6) is 1.68. The largest absolute Gasteiger partial charge is 0.467 e. The number of aryl methyl sites for hydroxylation is 2. The zero-order valence-corrected chi connectivity index (χ0v) is 18.6. The molecule has 1 atom stereocenters. The maximum absolute atomic E-state index is 5.54. The van der Waals surface area contributed by atoms with Crippen LogP contribution in [0.1, 0.15) is 34.3 Å². The summed E-state index contributed by atoms with van der Waals surface area (Å²) >= 11 is 0. The number of piperazine rings is 1. The maximum Gasteiger partial charge on any atom is 0.173 e. The second-order valence-corrected chi connectivity index (χ2v) is 8.40. The van der Waals surface area contributed by atoms with Crippen LogP contribution in [0.3, 0.4) is 0 Å². The molecule has 5 rings (SSSR count). The van der Waals surface area contributed by atoms with E-state index < -0.39 is 0 Å². The first-order valence-electron chi connectivity index (χ1n) is 11.1. The van der Waals surface area contributed by atoms with E-state index in [-0.39, 0.29) is 6.04 Å². The van der Waals surface area contributed by atoms with Crippen LogP contribution in [-0.2, 0) is 6.54 Å². The van der Waals surface area contributed by atoms with Crippen LogP contribution in [0.2, 0.25) is 0 Å². The smallest absolute Gasteiger partial charge is 0.173 e. The Kier molecular flexibility index (Phi) is 5.73. The van der Waals surface area contributed by atoms with Crippen LogP contribution in [-0.4, -0.2) is 51.3 Å². The van der Waals surface area contributed by atoms with Crippen molar-refractivity contribution in [1.82, 2.24) is 25.1 Å². The first-order chi connectivity index (χ1) is 15.7. The number of aromatic nitrogens is 4. The summed E-state index contributed by atoms with van der Waals surface area (Å²) in [5, 5.41) is 12.7. The van der Waals surface area contributed by atoms with Crippen molar-refractivity contribution < 1.29 is 4.42 Å². The lowest BCUT2D eigenvalue weighted by molar-refractivity contribution is 0.201. The molecule has 164 valence electrons. The van der Waals surface area contributed by atoms with E-state index in [9.17, 15) is 0 Å². The van der Waals surface area contributed by atoms with Crippen molar-refractivity contribution in [3.8, 4) is 0 Å². The van der Waals surface area contributed by atoms with Crippen molar-refractivity contribution in [2.45, 2.75) is 26.4 Å². The third-order valence-corrected chi connectivity index (χ3v) is 6.19. The predicted molar refractivity (Wildman–Crippen MR) is 124 cm³/mol. The van der Waals surface area contributed by atoms with Gasteiger partial charge in [0.05, 0.1) is 12.3 Å². The van der Waals surface area contributed by atoms with E-state index in [1.54, 1.807) is 6.26 Å². The molecule has 0 spiro atoms. The lowest BCUT2D eigenvalue weighted by Gasteiger charge is -2.40. The minimum Gasteiger partial charge on any atom is -0.467 e. The third-order valence-electron chi connectivity index (χ3n) is 6.19. The number of rotatable bonds is 6. The molecule has 0 unspecified atom stereocenters. The van der Waals surface area contributed by atoms with Gasteiger partial charge in [-0.25, -0.2) is 4.68 Å². The van der Waals surface area contributed by atoms with Gasteiger partial charge in [-0.1, -0.05) is 42.5 Å². The van der Waals surface area contributed by atoms with Crippen molar-refractivity contribution in [1.29, 1.82) is 0 Å². The van der Waals surface area contributed by atoms with Crippen LogP contribution >= 0.6 is 0 Å². The van der Waals surface area contributed by atoms with Crippen molar-refractivity contribution in [3.05, 3.63) is 95.2 Å². The number of nitrogens with zero attached hydrogens (tertiary/aromatic N) is 6. The number of hydrogen-bond donors (Lipinski definition) is 0. The molecule has 0 radical (unpaired) electrons. The molecule has 0 N–H and O–H groups in total. The highest BCUT2D eigenvalue weighted by atomic mass is 16.3. The van der Waals surface area contributed by atoms with Crippen molar-refractivity contribution in [3.63, 3.8) is 0 Å². The first kappa shape index (κ1) is 20.5. The Hall–Kier alpha value is -3.45. The number of tetrazole rings is 1. The summed E-state index contributed by atoms with van der Waals surface area (Å²) in [4.78, 5) is 4.98. The Labute approximate surface area is 188 Å². The summed E-state index contributed by atoms with van der Waals surface area (Å²) in [6.45, 7) is 8.66. The highest BCUT2D eigenvalue weighted by Crippen LogP contribution is 2.30. The zero-order valence-electron chi connectivity index (χ0n) is 18.6. The molecule has 3 heterocycles. The van der Waals surface area contributed by atoms with Gasteiger partial charge in [-0.2, -0.15) is 0 Å². The molecule has 1 aliphatic heterocycles. The lowest BCUT2D eigenvalue weighted by atomic mass is 10.0. The van der Waals surface area contributed by atoms with E-state index in [1.165, 1.54) is 22.4 Å². The first-order valence-corrected chi connectivity index (χ1v) is 11.1. The number of benzene rings is 2. The Balaban J connectivity index is 1.41. The quantitative estimate of drug-likeness (QED) is 0.465. The maximum atomic E-state index is 5.54. The molecule has 0 aliphatic carbocycles. The summed E-state index contributed by atoms with van der Waals surface area (Å²) in [5.41, 5.74) is 5.16. The van der Waals surface area contributed by atoms with Crippen molar-refractivity contribution in [2.75, 3.05) is 31.1 Å². The summed E-state index contributed by atoms with van der Waals surface area (Å²) in [6, 6.07) is 21.0. The fourth-order valence-corrected chi connectivity index (χ4v) is 4.51. The molecule has 0 bridgehead atoms. The minimum absolute atomic E-state index is 0.0121. The van der Waals surface area contributed by atoms with E-state index in [0.29, 0.717) is 6.54 Å². The van der Waals surface area contributed by atoms with E-state index in [4.69, 9.17) is 4.42 Å². The van der Waals surface area contributed by atoms with E-state index in [1.807, 2.05) is 22.9 Å². The van der Waals surface area contributed by atoms with Gasteiger partial charge in [-0.15, -0.1) is 5.10 Å². The Morgan fingerprint density at radius 2 is 1.75 bits per heavy atom. The van der Waals surface area contributed by atoms with E-state index >= 15 is 0 Å². The lowest BCUT2D eigenvalue weighted by Crippen LogP contribution is -2.48. The Morgan fingerprint density at radius 3 is 2.50 bits per heavy atom. The van der Waals surface area contributed by atoms with Crippen LogP contribution in [0.15, 0.2) is 71.3 Å². The molecule has 7 nitrogen and oxygen atoms in total. The average molecular weight is 429 g/mol. The minimum atomic E-state index is -0.0121. The second-order valence-electron chi connectivity index (χ2n) is 8.40. The Bertz CT molecular complexity index is 1150. The van der Waals surface area contributed by atoms with Gasteiger partial charge in [0.25, 0.3) is 0 Å². The van der Waals surface area contributed by atoms with Crippen LogP contribution in [0.25, 0.3) is 0 Å². The standard InChI is InChI=1S/C25H28N6O/c1-19-10-11-20(2)23(17-19)29-12-14-30(15-13-29)24(21-7-4-3-5-8-21)25-26-27-28-31(25)18-22-9-6-16-32-22/h3-11,16-17,24H,12-15,18H2,1-2H3/t24-/m1/s1. The average Bonchev–Trinajstić information content (AvgIpc) is 3.50. The number of hydrogen-bond acceptors (Lipinski definition) is 6. The van der Waals surface area contributed by atoms with Crippen molar-refractivity contribution >= 4 is 5.69 Å². The molecule has 32 heavy (non-hydrogen) atoms. The fraction of sp³-hybridized carbons (Fsp3) is 0.320. The molecule has 1 aliphatic rings. The number of furan rings is 1. The molecular formula is C25H28N6O. The summed E-state index contributed by atoms with van der Waals surface area (Å²) < 4.78 is 7.39. The molecule has 2 aromatic heterocycles. The zero-order chi connectivity index (χ0) is 21.9. The molecular weight excluding hydrogens is 400 g/mol. The normalized spacial score (nSPS) is 15.8. The van der Waals surface area contributed by atoms with E-state index in [2.05, 4.69) is 81.6 Å². The van der Waals surface area contributed by atoms with Crippen molar-refractivity contribution in [2.24, 2.45) is 0 Å². The highest BCUT2D eigenvalue weighted by molar-refractivity contribution is 5.55.